The first-order valence-electron chi connectivity index (χ1n) is 9.92. The van der Waals surface area contributed by atoms with Gasteiger partial charge in [-0.1, -0.05) is 39.5 Å². The molecule has 0 aliphatic carbocycles. The lowest BCUT2D eigenvalue weighted by Crippen LogP contribution is -2.52. The summed E-state index contributed by atoms with van der Waals surface area (Å²) in [5.74, 6) is -2.67. The second-order valence-electron chi connectivity index (χ2n) is 8.12. The second kappa shape index (κ2) is 12.6. The van der Waals surface area contributed by atoms with Crippen molar-refractivity contribution in [1.29, 1.82) is 0 Å². The highest BCUT2D eigenvalue weighted by Crippen LogP contribution is 2.14. The Morgan fingerprint density at radius 1 is 0.963 bits per heavy atom. The molecule has 2 atom stereocenters. The molecule has 0 aliphatic rings. The quantitative estimate of drug-likeness (QED) is 0.312. The minimum atomic E-state index is -0.778. The average Bonchev–Trinajstić information content (AvgIpc) is 2.56. The van der Waals surface area contributed by atoms with Gasteiger partial charge in [0.1, 0.15) is 0 Å². The maximum Gasteiger partial charge on any atom is 0.289 e. The van der Waals surface area contributed by atoms with Crippen LogP contribution >= 0.6 is 0 Å². The fourth-order valence-corrected chi connectivity index (χ4v) is 2.84. The third-order valence-corrected chi connectivity index (χ3v) is 4.20. The Balaban J connectivity index is 4.60. The molecule has 156 valence electrons. The van der Waals surface area contributed by atoms with Crippen LogP contribution in [-0.2, 0) is 19.2 Å². The van der Waals surface area contributed by atoms with E-state index in [2.05, 4.69) is 17.6 Å². The van der Waals surface area contributed by atoms with Crippen molar-refractivity contribution in [2.45, 2.75) is 91.1 Å². The minimum absolute atomic E-state index is 0.00779. The topological polar surface area (TPSA) is 118 Å². The number of amides is 2. The summed E-state index contributed by atoms with van der Waals surface area (Å²) >= 11 is 0. The number of carbonyl (C=O) groups excluding carboxylic acids is 4. The fraction of sp³-hybridized carbons (Fsp3) is 0.800. The van der Waals surface area contributed by atoms with Crippen LogP contribution in [0.2, 0.25) is 0 Å². The van der Waals surface area contributed by atoms with Crippen LogP contribution in [0.5, 0.6) is 0 Å². The molecule has 0 aromatic carbocycles. The van der Waals surface area contributed by atoms with Crippen molar-refractivity contribution in [2.75, 3.05) is 6.54 Å². The lowest BCUT2D eigenvalue weighted by Gasteiger charge is -2.27. The molecule has 2 unspecified atom stereocenters. The second-order valence-corrected chi connectivity index (χ2v) is 8.12. The van der Waals surface area contributed by atoms with E-state index in [1.54, 1.807) is 0 Å². The number of ketones is 2. The minimum Gasteiger partial charge on any atom is -0.369 e. The van der Waals surface area contributed by atoms with E-state index in [0.29, 0.717) is 12.8 Å². The van der Waals surface area contributed by atoms with Crippen molar-refractivity contribution in [3.63, 3.8) is 0 Å². The number of nitrogens with one attached hydrogen (secondary N) is 2. The van der Waals surface area contributed by atoms with Crippen molar-refractivity contribution in [2.24, 2.45) is 11.7 Å². The highest BCUT2D eigenvalue weighted by atomic mass is 16.2. The number of carbonyl (C=O) groups is 4. The van der Waals surface area contributed by atoms with E-state index in [-0.39, 0.29) is 24.3 Å². The van der Waals surface area contributed by atoms with Gasteiger partial charge in [0.25, 0.3) is 5.91 Å². The van der Waals surface area contributed by atoms with E-state index in [1.165, 1.54) is 0 Å². The zero-order chi connectivity index (χ0) is 21.0. The van der Waals surface area contributed by atoms with Crippen molar-refractivity contribution in [3.05, 3.63) is 0 Å². The first-order valence-corrected chi connectivity index (χ1v) is 9.92. The molecule has 0 heterocycles. The first-order chi connectivity index (χ1) is 12.5. The number of unbranched alkanes of at least 4 members (excludes halogenated alkanes) is 2. The van der Waals surface area contributed by atoms with Gasteiger partial charge in [-0.3, -0.25) is 19.2 Å². The van der Waals surface area contributed by atoms with Gasteiger partial charge in [-0.2, -0.15) is 0 Å². The summed E-state index contributed by atoms with van der Waals surface area (Å²) in [5.41, 5.74) is 5.06. The predicted molar refractivity (Wildman–Crippen MR) is 106 cm³/mol. The molecule has 7 nitrogen and oxygen atoms in total. The molecular formula is C20H37N3O4. The Labute approximate surface area is 163 Å². The largest absolute Gasteiger partial charge is 0.369 e. The predicted octanol–water partition coefficient (Wildman–Crippen LogP) is 1.87. The summed E-state index contributed by atoms with van der Waals surface area (Å²) in [5, 5.41) is 5.53. The Kier molecular flexibility index (Phi) is 11.8. The first kappa shape index (κ1) is 25.2. The summed E-state index contributed by atoms with van der Waals surface area (Å²) in [6.07, 6.45) is 4.67. The zero-order valence-corrected chi connectivity index (χ0v) is 17.5. The molecule has 0 aliphatic heterocycles. The molecule has 0 rings (SSSR count). The molecule has 4 N–H and O–H groups in total. The monoisotopic (exact) mass is 383 g/mol. The SMILES string of the molecule is CCCCCC(CC(=O)CNC(=O)C(=O)C(CCC)NC(C)(C)C)C(N)=O. The van der Waals surface area contributed by atoms with Gasteiger partial charge in [-0.05, 0) is 33.6 Å². The maximum absolute atomic E-state index is 12.4. The number of rotatable bonds is 14. The molecule has 0 radical (unpaired) electrons. The van der Waals surface area contributed by atoms with Crippen molar-refractivity contribution in [1.82, 2.24) is 10.6 Å². The molecule has 0 aromatic heterocycles. The number of hydrogen-bond donors (Lipinski definition) is 3. The van der Waals surface area contributed by atoms with Crippen molar-refractivity contribution < 1.29 is 19.2 Å². The fourth-order valence-electron chi connectivity index (χ4n) is 2.84. The van der Waals surface area contributed by atoms with Crippen molar-refractivity contribution >= 4 is 23.4 Å². The van der Waals surface area contributed by atoms with Gasteiger partial charge in [0, 0.05) is 17.9 Å². The maximum atomic E-state index is 12.4. The van der Waals surface area contributed by atoms with Crippen LogP contribution in [0.1, 0.15) is 79.6 Å². The van der Waals surface area contributed by atoms with Gasteiger partial charge >= 0.3 is 0 Å². The normalized spacial score (nSPS) is 13.7. The van der Waals surface area contributed by atoms with Gasteiger partial charge in [-0.15, -0.1) is 0 Å². The zero-order valence-electron chi connectivity index (χ0n) is 17.5. The van der Waals surface area contributed by atoms with E-state index in [4.69, 9.17) is 5.73 Å². The van der Waals surface area contributed by atoms with Crippen molar-refractivity contribution in [3.8, 4) is 0 Å². The Morgan fingerprint density at radius 2 is 1.59 bits per heavy atom. The van der Waals surface area contributed by atoms with Crippen LogP contribution in [0.25, 0.3) is 0 Å². The molecule has 0 bridgehead atoms. The molecular weight excluding hydrogens is 346 g/mol. The van der Waals surface area contributed by atoms with E-state index >= 15 is 0 Å². The molecule has 7 heteroatoms. The van der Waals surface area contributed by atoms with Gasteiger partial charge < -0.3 is 16.4 Å². The molecule has 27 heavy (non-hydrogen) atoms. The highest BCUT2D eigenvalue weighted by molar-refractivity contribution is 6.38. The molecule has 0 saturated carbocycles. The summed E-state index contributed by atoms with van der Waals surface area (Å²) < 4.78 is 0. The van der Waals surface area contributed by atoms with Crippen LogP contribution in [0.15, 0.2) is 0 Å². The van der Waals surface area contributed by atoms with Crippen LogP contribution in [0, 0.1) is 5.92 Å². The van der Waals surface area contributed by atoms with E-state index < -0.39 is 29.6 Å². The lowest BCUT2D eigenvalue weighted by atomic mass is 9.95. The smallest absolute Gasteiger partial charge is 0.289 e. The Hall–Kier alpha value is -1.76. The summed E-state index contributed by atoms with van der Waals surface area (Å²) in [6.45, 7) is 9.50. The highest BCUT2D eigenvalue weighted by Gasteiger charge is 2.28. The number of primary amides is 1. The summed E-state index contributed by atoms with van der Waals surface area (Å²) in [6, 6.07) is -0.586. The van der Waals surface area contributed by atoms with Gasteiger partial charge in [0.05, 0.1) is 12.6 Å². The van der Waals surface area contributed by atoms with Crippen LogP contribution < -0.4 is 16.4 Å². The van der Waals surface area contributed by atoms with Gasteiger partial charge in [0.2, 0.25) is 11.7 Å². The average molecular weight is 384 g/mol. The van der Waals surface area contributed by atoms with E-state index in [0.717, 1.165) is 25.7 Å². The molecule has 0 saturated heterocycles. The summed E-state index contributed by atoms with van der Waals surface area (Å²) in [4.78, 5) is 48.1. The van der Waals surface area contributed by atoms with Gasteiger partial charge in [-0.25, -0.2) is 0 Å². The third-order valence-electron chi connectivity index (χ3n) is 4.20. The summed E-state index contributed by atoms with van der Waals surface area (Å²) in [7, 11) is 0. The molecule has 0 aromatic rings. The molecule has 0 spiro atoms. The van der Waals surface area contributed by atoms with E-state index in [1.807, 2.05) is 27.7 Å². The number of Topliss-reactive ketones (excluding diaryl/α,β-unsaturated/α-hetero) is 2. The van der Waals surface area contributed by atoms with Crippen LogP contribution in [0.4, 0.5) is 0 Å². The number of hydrogen-bond acceptors (Lipinski definition) is 5. The Morgan fingerprint density at radius 3 is 2.07 bits per heavy atom. The third kappa shape index (κ3) is 11.5. The lowest BCUT2D eigenvalue weighted by molar-refractivity contribution is -0.140. The number of nitrogens with two attached hydrogens (primary N) is 1. The van der Waals surface area contributed by atoms with Crippen LogP contribution in [0.3, 0.4) is 0 Å². The molecule has 2 amide bonds. The standard InChI is InChI=1S/C20H37N3O4/c1-6-8-9-11-14(18(21)26)12-15(24)13-22-19(27)17(25)16(10-7-2)23-20(3,4)5/h14,16,23H,6-13H2,1-5H3,(H2,21,26)(H,22,27). The molecule has 0 fully saturated rings. The Bertz CT molecular complexity index is 512. The van der Waals surface area contributed by atoms with Crippen LogP contribution in [-0.4, -0.2) is 41.5 Å². The van der Waals surface area contributed by atoms with E-state index in [9.17, 15) is 19.2 Å². The van der Waals surface area contributed by atoms with Gasteiger partial charge in [0.15, 0.2) is 5.78 Å².